The molecule has 0 amide bonds. The number of aliphatic imine (C=N–C) groups is 1. The number of anilines is 1. The second-order valence-corrected chi connectivity index (χ2v) is 8.75. The number of benzene rings is 4. The SMILES string of the molecule is CCOC(=O)C(C1=NC(c2ccccc2)(c2ccccc2)c2ccccc2N1)=C(O)c1ccc(OC)cc1. The van der Waals surface area contributed by atoms with Gasteiger partial charge in [-0.1, -0.05) is 78.9 Å². The molecule has 0 atom stereocenters. The summed E-state index contributed by atoms with van der Waals surface area (Å²) in [6, 6.07) is 34.6. The number of hydrogen-bond donors (Lipinski definition) is 2. The number of rotatable bonds is 7. The lowest BCUT2D eigenvalue weighted by Gasteiger charge is -2.38. The molecule has 0 aliphatic carbocycles. The molecule has 1 aliphatic rings. The second-order valence-electron chi connectivity index (χ2n) is 8.75. The van der Waals surface area contributed by atoms with E-state index in [2.05, 4.69) is 5.32 Å². The molecule has 0 fully saturated rings. The molecular formula is C32H28N2O4. The largest absolute Gasteiger partial charge is 0.506 e. The van der Waals surface area contributed by atoms with Crippen LogP contribution in [0.1, 0.15) is 29.2 Å². The molecule has 2 N–H and O–H groups in total. The number of ether oxygens (including phenoxy) is 2. The van der Waals surface area contributed by atoms with Crippen molar-refractivity contribution in [2.45, 2.75) is 12.5 Å². The van der Waals surface area contributed by atoms with Gasteiger partial charge in [0, 0.05) is 16.8 Å². The van der Waals surface area contributed by atoms with Crippen molar-refractivity contribution < 1.29 is 19.4 Å². The van der Waals surface area contributed by atoms with E-state index in [9.17, 15) is 9.90 Å². The van der Waals surface area contributed by atoms with Crippen molar-refractivity contribution in [3.8, 4) is 5.75 Å². The summed E-state index contributed by atoms with van der Waals surface area (Å²) in [6.45, 7) is 1.87. The first kappa shape index (κ1) is 24.8. The molecular weight excluding hydrogens is 476 g/mol. The molecule has 0 radical (unpaired) electrons. The zero-order chi connectivity index (χ0) is 26.5. The maximum absolute atomic E-state index is 13.4. The first-order valence-corrected chi connectivity index (χ1v) is 12.4. The Morgan fingerprint density at radius 2 is 1.42 bits per heavy atom. The number of esters is 1. The Kier molecular flexibility index (Phi) is 6.96. The van der Waals surface area contributed by atoms with Crippen LogP contribution >= 0.6 is 0 Å². The van der Waals surface area contributed by atoms with Crippen molar-refractivity contribution in [3.63, 3.8) is 0 Å². The minimum atomic E-state index is -0.988. The van der Waals surface area contributed by atoms with E-state index < -0.39 is 11.5 Å². The predicted octanol–water partition coefficient (Wildman–Crippen LogP) is 6.34. The standard InChI is InChI=1S/C32H28N2O4/c1-3-38-31(36)28(29(35)22-18-20-25(37-2)21-19-22)30-33-27-17-11-10-16-26(27)32(34-30,23-12-6-4-7-13-23)24-14-8-5-9-15-24/h4-21,35H,3H2,1-2H3,(H,33,34). The number of para-hydroxylation sites is 1. The van der Waals surface area contributed by atoms with Crippen molar-refractivity contribution in [2.24, 2.45) is 4.99 Å². The molecule has 4 aromatic carbocycles. The van der Waals surface area contributed by atoms with Gasteiger partial charge in [0.15, 0.2) is 0 Å². The number of amidine groups is 1. The Morgan fingerprint density at radius 3 is 2.00 bits per heavy atom. The van der Waals surface area contributed by atoms with Gasteiger partial charge in [-0.05, 0) is 48.4 Å². The number of fused-ring (bicyclic) bond motifs is 1. The van der Waals surface area contributed by atoms with Gasteiger partial charge in [-0.25, -0.2) is 9.79 Å². The lowest BCUT2D eigenvalue weighted by Crippen LogP contribution is -2.38. The minimum Gasteiger partial charge on any atom is -0.506 e. The number of carbonyl (C=O) groups excluding carboxylic acids is 1. The molecule has 0 aromatic heterocycles. The Bertz CT molecular complexity index is 1450. The Labute approximate surface area is 221 Å². The molecule has 6 heteroatoms. The number of nitrogens with zero attached hydrogens (tertiary/aromatic N) is 1. The molecule has 0 saturated heterocycles. The summed E-state index contributed by atoms with van der Waals surface area (Å²) in [6.07, 6.45) is 0. The van der Waals surface area contributed by atoms with Crippen LogP contribution in [-0.2, 0) is 15.1 Å². The average Bonchev–Trinajstić information content (AvgIpc) is 2.98. The summed E-state index contributed by atoms with van der Waals surface area (Å²) in [7, 11) is 1.57. The molecule has 1 heterocycles. The third kappa shape index (κ3) is 4.41. The van der Waals surface area contributed by atoms with Crippen molar-refractivity contribution in [1.29, 1.82) is 0 Å². The maximum Gasteiger partial charge on any atom is 0.345 e. The molecule has 38 heavy (non-hydrogen) atoms. The highest BCUT2D eigenvalue weighted by molar-refractivity contribution is 6.28. The van der Waals surface area contributed by atoms with Crippen LogP contribution in [0.3, 0.4) is 0 Å². The maximum atomic E-state index is 13.4. The minimum absolute atomic E-state index is 0.0530. The first-order valence-electron chi connectivity index (χ1n) is 12.4. The van der Waals surface area contributed by atoms with E-state index >= 15 is 0 Å². The van der Waals surface area contributed by atoms with E-state index in [0.717, 1.165) is 22.4 Å². The van der Waals surface area contributed by atoms with Crippen LogP contribution in [0.25, 0.3) is 5.76 Å². The zero-order valence-corrected chi connectivity index (χ0v) is 21.2. The van der Waals surface area contributed by atoms with Gasteiger partial charge in [-0.3, -0.25) is 0 Å². The van der Waals surface area contributed by atoms with Crippen LogP contribution in [0.15, 0.2) is 120 Å². The second kappa shape index (κ2) is 10.6. The van der Waals surface area contributed by atoms with Crippen molar-refractivity contribution in [3.05, 3.63) is 137 Å². The van der Waals surface area contributed by atoms with Gasteiger partial charge in [-0.15, -0.1) is 0 Å². The van der Waals surface area contributed by atoms with Gasteiger partial charge < -0.3 is 19.9 Å². The highest BCUT2D eigenvalue weighted by Gasteiger charge is 2.42. The number of carbonyl (C=O) groups is 1. The molecule has 5 rings (SSSR count). The third-order valence-corrected chi connectivity index (χ3v) is 6.55. The predicted molar refractivity (Wildman–Crippen MR) is 149 cm³/mol. The molecule has 0 bridgehead atoms. The quantitative estimate of drug-likeness (QED) is 0.174. The highest BCUT2D eigenvalue weighted by atomic mass is 16.5. The summed E-state index contributed by atoms with van der Waals surface area (Å²) in [5.74, 6) is -0.0788. The van der Waals surface area contributed by atoms with Crippen molar-refractivity contribution in [2.75, 3.05) is 19.0 Å². The molecule has 4 aromatic rings. The smallest absolute Gasteiger partial charge is 0.345 e. The topological polar surface area (TPSA) is 80.2 Å². The Morgan fingerprint density at radius 1 is 0.842 bits per heavy atom. The van der Waals surface area contributed by atoms with Crippen LogP contribution in [0.4, 0.5) is 5.69 Å². The summed E-state index contributed by atoms with van der Waals surface area (Å²) < 4.78 is 10.7. The molecule has 190 valence electrons. The van der Waals surface area contributed by atoms with E-state index in [0.29, 0.717) is 11.3 Å². The Balaban J connectivity index is 1.82. The molecule has 0 unspecified atom stereocenters. The van der Waals surface area contributed by atoms with Crippen LogP contribution in [-0.4, -0.2) is 30.6 Å². The molecule has 0 spiro atoms. The fourth-order valence-corrected chi connectivity index (χ4v) is 4.78. The monoisotopic (exact) mass is 504 g/mol. The van der Waals surface area contributed by atoms with Crippen LogP contribution in [0, 0.1) is 0 Å². The van der Waals surface area contributed by atoms with Gasteiger partial charge in [-0.2, -0.15) is 0 Å². The average molecular weight is 505 g/mol. The number of aliphatic hydroxyl groups excluding tert-OH is 1. The first-order chi connectivity index (χ1) is 18.6. The van der Waals surface area contributed by atoms with Gasteiger partial charge in [0.25, 0.3) is 0 Å². The van der Waals surface area contributed by atoms with E-state index in [4.69, 9.17) is 14.5 Å². The van der Waals surface area contributed by atoms with E-state index in [1.54, 1.807) is 38.3 Å². The highest BCUT2D eigenvalue weighted by Crippen LogP contribution is 2.46. The number of nitrogens with one attached hydrogen (secondary N) is 1. The van der Waals surface area contributed by atoms with Crippen LogP contribution in [0.2, 0.25) is 0 Å². The van der Waals surface area contributed by atoms with E-state index in [1.165, 1.54) is 0 Å². The fourth-order valence-electron chi connectivity index (χ4n) is 4.78. The van der Waals surface area contributed by atoms with Crippen molar-refractivity contribution >= 4 is 23.3 Å². The summed E-state index contributed by atoms with van der Waals surface area (Å²) in [5, 5.41) is 14.8. The van der Waals surface area contributed by atoms with Gasteiger partial charge in [0.1, 0.15) is 28.5 Å². The number of hydrogen-bond acceptors (Lipinski definition) is 6. The molecule has 1 aliphatic heterocycles. The lowest BCUT2D eigenvalue weighted by molar-refractivity contribution is -0.137. The van der Waals surface area contributed by atoms with Crippen LogP contribution in [0.5, 0.6) is 5.75 Å². The molecule has 0 saturated carbocycles. The van der Waals surface area contributed by atoms with Gasteiger partial charge in [0.05, 0.1) is 13.7 Å². The number of aliphatic hydroxyl groups is 1. The van der Waals surface area contributed by atoms with Gasteiger partial charge in [0.2, 0.25) is 0 Å². The van der Waals surface area contributed by atoms with E-state index in [-0.39, 0.29) is 23.8 Å². The Hall–Kier alpha value is -4.84. The van der Waals surface area contributed by atoms with Crippen LogP contribution < -0.4 is 10.1 Å². The normalized spacial score (nSPS) is 14.3. The zero-order valence-electron chi connectivity index (χ0n) is 21.2. The summed E-state index contributed by atoms with van der Waals surface area (Å²) >= 11 is 0. The van der Waals surface area contributed by atoms with E-state index in [1.807, 2.05) is 84.9 Å². The third-order valence-electron chi connectivity index (χ3n) is 6.55. The number of methoxy groups -OCH3 is 1. The fraction of sp³-hybridized carbons (Fsp3) is 0.125. The summed E-state index contributed by atoms with van der Waals surface area (Å²) in [5.41, 5.74) is 2.93. The van der Waals surface area contributed by atoms with Crippen molar-refractivity contribution in [1.82, 2.24) is 0 Å². The summed E-state index contributed by atoms with van der Waals surface area (Å²) in [4.78, 5) is 18.6. The van der Waals surface area contributed by atoms with Gasteiger partial charge >= 0.3 is 5.97 Å². The lowest BCUT2D eigenvalue weighted by atomic mass is 9.75. The molecule has 6 nitrogen and oxygen atoms in total.